The average Bonchev–Trinajstić information content (AvgIpc) is 2.59. The van der Waals surface area contributed by atoms with E-state index in [1.807, 2.05) is 32.0 Å². The number of amides is 1. The van der Waals surface area contributed by atoms with E-state index in [1.165, 1.54) is 18.2 Å². The third-order valence-corrected chi connectivity index (χ3v) is 5.42. The summed E-state index contributed by atoms with van der Waals surface area (Å²) in [5, 5.41) is 3.16. The van der Waals surface area contributed by atoms with Crippen molar-refractivity contribution in [1.82, 2.24) is 5.32 Å². The number of ether oxygens (including phenoxy) is 2. The molecule has 0 fully saturated rings. The minimum Gasteiger partial charge on any atom is -0.497 e. The van der Waals surface area contributed by atoms with E-state index in [0.29, 0.717) is 17.9 Å². The van der Waals surface area contributed by atoms with Crippen LogP contribution in [0.25, 0.3) is 0 Å². The second-order valence-corrected chi connectivity index (χ2v) is 9.72. The van der Waals surface area contributed by atoms with Crippen LogP contribution in [0.2, 0.25) is 5.02 Å². The molecule has 29 heavy (non-hydrogen) atoms. The van der Waals surface area contributed by atoms with Gasteiger partial charge in [0.25, 0.3) is 5.91 Å². The molecule has 1 amide bonds. The highest BCUT2D eigenvalue weighted by atomic mass is 35.5. The molecule has 2 N–H and O–H groups in total. The van der Waals surface area contributed by atoms with Gasteiger partial charge in [-0.2, -0.15) is 0 Å². The molecule has 0 unspecified atom stereocenters. The zero-order valence-corrected chi connectivity index (χ0v) is 18.1. The highest BCUT2D eigenvalue weighted by Gasteiger charge is 2.35. The molecule has 0 aliphatic carbocycles. The Balaban J connectivity index is 1.87. The molecule has 156 valence electrons. The average molecular weight is 439 g/mol. The Morgan fingerprint density at radius 2 is 1.97 bits per heavy atom. The lowest BCUT2D eigenvalue weighted by molar-refractivity contribution is 0.0618. The number of methoxy groups -OCH3 is 1. The number of benzene rings is 2. The Morgan fingerprint density at radius 3 is 2.59 bits per heavy atom. The molecule has 2 aromatic rings. The van der Waals surface area contributed by atoms with E-state index in [1.54, 1.807) is 7.11 Å². The van der Waals surface area contributed by atoms with Gasteiger partial charge in [-0.15, -0.1) is 0 Å². The fourth-order valence-corrected chi connectivity index (χ4v) is 4.12. The van der Waals surface area contributed by atoms with Gasteiger partial charge in [-0.05, 0) is 50.2 Å². The van der Waals surface area contributed by atoms with Crippen molar-refractivity contribution in [2.45, 2.75) is 31.9 Å². The molecular formula is C20H23ClN2O5S. The van der Waals surface area contributed by atoms with Crippen molar-refractivity contribution in [2.24, 2.45) is 0 Å². The lowest BCUT2D eigenvalue weighted by Crippen LogP contribution is -2.41. The fourth-order valence-electron chi connectivity index (χ4n) is 3.30. The number of nitrogens with one attached hydrogen (secondary N) is 2. The summed E-state index contributed by atoms with van der Waals surface area (Å²) >= 11 is 6.23. The molecule has 0 spiro atoms. The lowest BCUT2D eigenvalue weighted by Gasteiger charge is -2.38. The van der Waals surface area contributed by atoms with Crippen molar-refractivity contribution in [3.05, 3.63) is 52.5 Å². The standard InChI is InChI=1S/C20H23ClN2O5S/c1-20(2)11-17(15-10-13(27-3)6-8-18(15)28-20)22-19(24)14-7-5-12(9-16(14)21)23-29(4,25)26/h5-10,17,23H,11H2,1-4H3,(H,22,24)/t17-/m0/s1. The lowest BCUT2D eigenvalue weighted by atomic mass is 9.89. The normalized spacial score (nSPS) is 17.6. The van der Waals surface area contributed by atoms with Crippen molar-refractivity contribution in [2.75, 3.05) is 18.1 Å². The van der Waals surface area contributed by atoms with E-state index < -0.39 is 15.6 Å². The summed E-state index contributed by atoms with van der Waals surface area (Å²) in [4.78, 5) is 12.9. The van der Waals surface area contributed by atoms with Crippen LogP contribution in [0.15, 0.2) is 36.4 Å². The highest BCUT2D eigenvalue weighted by Crippen LogP contribution is 2.41. The zero-order chi connectivity index (χ0) is 21.4. The molecule has 3 rings (SSSR count). The van der Waals surface area contributed by atoms with E-state index in [9.17, 15) is 13.2 Å². The number of carbonyl (C=O) groups is 1. The quantitative estimate of drug-likeness (QED) is 0.741. The first-order chi connectivity index (χ1) is 13.5. The van der Waals surface area contributed by atoms with Crippen molar-refractivity contribution >= 4 is 33.2 Å². The minimum absolute atomic E-state index is 0.147. The molecule has 2 aromatic carbocycles. The van der Waals surface area contributed by atoms with Crippen molar-refractivity contribution in [3.63, 3.8) is 0 Å². The van der Waals surface area contributed by atoms with E-state index in [0.717, 1.165) is 11.8 Å². The van der Waals surface area contributed by atoms with Crippen molar-refractivity contribution in [3.8, 4) is 11.5 Å². The van der Waals surface area contributed by atoms with E-state index in [4.69, 9.17) is 21.1 Å². The van der Waals surface area contributed by atoms with Gasteiger partial charge in [-0.1, -0.05) is 11.6 Å². The molecule has 0 radical (unpaired) electrons. The first-order valence-corrected chi connectivity index (χ1v) is 11.2. The summed E-state index contributed by atoms with van der Waals surface area (Å²) in [5.74, 6) is 0.990. The maximum Gasteiger partial charge on any atom is 0.253 e. The zero-order valence-electron chi connectivity index (χ0n) is 16.6. The second kappa shape index (κ2) is 7.76. The van der Waals surface area contributed by atoms with Gasteiger partial charge in [-0.3, -0.25) is 9.52 Å². The number of fused-ring (bicyclic) bond motifs is 1. The largest absolute Gasteiger partial charge is 0.497 e. The Morgan fingerprint density at radius 1 is 1.24 bits per heavy atom. The number of carbonyl (C=O) groups excluding carboxylic acids is 1. The van der Waals surface area contributed by atoms with Crippen LogP contribution in [0.5, 0.6) is 11.5 Å². The van der Waals surface area contributed by atoms with Gasteiger partial charge in [0, 0.05) is 17.7 Å². The molecule has 9 heteroatoms. The second-order valence-electron chi connectivity index (χ2n) is 7.56. The van der Waals surface area contributed by atoms with Crippen LogP contribution in [0, 0.1) is 0 Å². The van der Waals surface area contributed by atoms with Gasteiger partial charge in [0.1, 0.15) is 17.1 Å². The van der Waals surface area contributed by atoms with Crippen LogP contribution in [-0.2, 0) is 10.0 Å². The molecule has 0 saturated carbocycles. The van der Waals surface area contributed by atoms with E-state index in [2.05, 4.69) is 10.0 Å². The third-order valence-electron chi connectivity index (χ3n) is 4.50. The SMILES string of the molecule is COc1ccc2c(c1)[C@@H](NC(=O)c1ccc(NS(C)(=O)=O)cc1Cl)CC(C)(C)O2. The number of hydrogen-bond acceptors (Lipinski definition) is 5. The first-order valence-electron chi connectivity index (χ1n) is 8.92. The number of rotatable bonds is 5. The van der Waals surface area contributed by atoms with E-state index in [-0.39, 0.29) is 28.2 Å². The predicted molar refractivity (Wildman–Crippen MR) is 112 cm³/mol. The highest BCUT2D eigenvalue weighted by molar-refractivity contribution is 7.92. The summed E-state index contributed by atoms with van der Waals surface area (Å²) in [6, 6.07) is 9.56. The number of anilines is 1. The molecular weight excluding hydrogens is 416 g/mol. The van der Waals surface area contributed by atoms with Gasteiger partial charge < -0.3 is 14.8 Å². The molecule has 0 aromatic heterocycles. The van der Waals surface area contributed by atoms with Gasteiger partial charge in [0.15, 0.2) is 0 Å². The van der Waals surface area contributed by atoms with Crippen LogP contribution >= 0.6 is 11.6 Å². The van der Waals surface area contributed by atoms with Crippen LogP contribution < -0.4 is 19.5 Å². The van der Waals surface area contributed by atoms with E-state index >= 15 is 0 Å². The topological polar surface area (TPSA) is 93.7 Å². The Kier molecular flexibility index (Phi) is 5.69. The Bertz CT molecular complexity index is 1050. The molecule has 7 nitrogen and oxygen atoms in total. The molecule has 1 aliphatic heterocycles. The van der Waals surface area contributed by atoms with Crippen LogP contribution in [0.1, 0.15) is 42.2 Å². The van der Waals surface area contributed by atoms with Crippen molar-refractivity contribution in [1.29, 1.82) is 0 Å². The number of halogens is 1. The van der Waals surface area contributed by atoms with Gasteiger partial charge >= 0.3 is 0 Å². The van der Waals surface area contributed by atoms with Gasteiger partial charge in [-0.25, -0.2) is 8.42 Å². The first kappa shape index (κ1) is 21.3. The van der Waals surface area contributed by atoms with Gasteiger partial charge in [0.2, 0.25) is 10.0 Å². The maximum atomic E-state index is 12.9. The molecule has 0 saturated heterocycles. The predicted octanol–water partition coefficient (Wildman–Crippen LogP) is 3.75. The number of sulfonamides is 1. The van der Waals surface area contributed by atoms with Crippen LogP contribution in [-0.4, -0.2) is 33.3 Å². The summed E-state index contributed by atoms with van der Waals surface area (Å²) in [6.45, 7) is 3.91. The summed E-state index contributed by atoms with van der Waals surface area (Å²) < 4.78 is 36.4. The van der Waals surface area contributed by atoms with Crippen LogP contribution in [0.3, 0.4) is 0 Å². The summed E-state index contributed by atoms with van der Waals surface area (Å²) in [6.07, 6.45) is 1.60. The number of hydrogen-bond donors (Lipinski definition) is 2. The summed E-state index contributed by atoms with van der Waals surface area (Å²) in [7, 11) is -1.86. The van der Waals surface area contributed by atoms with Gasteiger partial charge in [0.05, 0.1) is 30.0 Å². The minimum atomic E-state index is -3.44. The Hall–Kier alpha value is -2.45. The van der Waals surface area contributed by atoms with Crippen LogP contribution in [0.4, 0.5) is 5.69 Å². The maximum absolute atomic E-state index is 12.9. The summed E-state index contributed by atoms with van der Waals surface area (Å²) in [5.41, 5.74) is 0.895. The molecule has 0 bridgehead atoms. The molecule has 1 atom stereocenters. The molecule has 1 heterocycles. The monoisotopic (exact) mass is 438 g/mol. The Labute approximate surface area is 175 Å². The third kappa shape index (κ3) is 5.13. The van der Waals surface area contributed by atoms with Crippen molar-refractivity contribution < 1.29 is 22.7 Å². The molecule has 1 aliphatic rings. The fraction of sp³-hybridized carbons (Fsp3) is 0.350. The smallest absolute Gasteiger partial charge is 0.253 e.